The molecule has 0 saturated carbocycles. The third kappa shape index (κ3) is 5.89. The fourth-order valence-corrected chi connectivity index (χ4v) is 3.09. The molecule has 1 heterocycles. The van der Waals surface area contributed by atoms with E-state index in [4.69, 9.17) is 14.2 Å². The van der Waals surface area contributed by atoms with Crippen LogP contribution in [0.4, 0.5) is 5.69 Å². The van der Waals surface area contributed by atoms with Crippen LogP contribution in [0.5, 0.6) is 11.5 Å². The Bertz CT molecular complexity index is 792. The maximum absolute atomic E-state index is 5.75. The highest BCUT2D eigenvalue weighted by Gasteiger charge is 2.11. The number of aliphatic imine (C=N–C) groups is 1. The fourth-order valence-electron chi connectivity index (χ4n) is 3.09. The molecule has 6 heteroatoms. The largest absolute Gasteiger partial charge is 0.493 e. The van der Waals surface area contributed by atoms with Gasteiger partial charge in [-0.25, -0.2) is 0 Å². The van der Waals surface area contributed by atoms with E-state index in [9.17, 15) is 0 Å². The summed E-state index contributed by atoms with van der Waals surface area (Å²) in [5.41, 5.74) is 3.55. The highest BCUT2D eigenvalue weighted by molar-refractivity contribution is 5.93. The molecule has 2 aromatic carbocycles. The summed E-state index contributed by atoms with van der Waals surface area (Å²) in [6, 6.07) is 14.3. The van der Waals surface area contributed by atoms with Crippen LogP contribution in [0.2, 0.25) is 0 Å². The van der Waals surface area contributed by atoms with E-state index in [2.05, 4.69) is 33.8 Å². The average Bonchev–Trinajstić information content (AvgIpc) is 3.19. The molecule has 150 valence electrons. The van der Waals surface area contributed by atoms with Crippen LogP contribution in [0.15, 0.2) is 47.5 Å². The zero-order chi connectivity index (χ0) is 19.6. The Kier molecular flexibility index (Phi) is 7.55. The number of methoxy groups -OCH3 is 1. The molecule has 0 aromatic heterocycles. The second kappa shape index (κ2) is 10.6. The van der Waals surface area contributed by atoms with Gasteiger partial charge in [0.1, 0.15) is 11.5 Å². The third-order valence-corrected chi connectivity index (χ3v) is 4.54. The Morgan fingerprint density at radius 3 is 2.96 bits per heavy atom. The van der Waals surface area contributed by atoms with Gasteiger partial charge in [0.25, 0.3) is 0 Å². The summed E-state index contributed by atoms with van der Waals surface area (Å²) in [7, 11) is 3.47. The van der Waals surface area contributed by atoms with Crippen molar-refractivity contribution in [2.24, 2.45) is 4.99 Å². The van der Waals surface area contributed by atoms with Gasteiger partial charge in [-0.2, -0.15) is 0 Å². The van der Waals surface area contributed by atoms with Crippen molar-refractivity contribution in [2.45, 2.75) is 19.3 Å². The summed E-state index contributed by atoms with van der Waals surface area (Å²) in [6.45, 7) is 2.93. The van der Waals surface area contributed by atoms with Crippen LogP contribution in [0, 0.1) is 0 Å². The van der Waals surface area contributed by atoms with E-state index >= 15 is 0 Å². The van der Waals surface area contributed by atoms with Gasteiger partial charge in [0.15, 0.2) is 5.96 Å². The molecule has 2 aromatic rings. The van der Waals surface area contributed by atoms with Gasteiger partial charge in [0, 0.05) is 51.9 Å². The summed E-state index contributed by atoms with van der Waals surface area (Å²) < 4.78 is 16.4. The number of fused-ring (bicyclic) bond motifs is 1. The predicted octanol–water partition coefficient (Wildman–Crippen LogP) is 3.27. The van der Waals surface area contributed by atoms with Gasteiger partial charge in [0.2, 0.25) is 0 Å². The van der Waals surface area contributed by atoms with Crippen LogP contribution in [-0.2, 0) is 17.6 Å². The minimum atomic E-state index is 0.635. The van der Waals surface area contributed by atoms with Crippen molar-refractivity contribution in [3.05, 3.63) is 53.6 Å². The molecule has 3 rings (SSSR count). The number of nitrogens with one attached hydrogen (secondary N) is 2. The first-order valence-corrected chi connectivity index (χ1v) is 9.72. The van der Waals surface area contributed by atoms with Crippen molar-refractivity contribution in [3.63, 3.8) is 0 Å². The zero-order valence-electron chi connectivity index (χ0n) is 16.7. The number of anilines is 1. The van der Waals surface area contributed by atoms with Crippen molar-refractivity contribution in [1.82, 2.24) is 5.32 Å². The lowest BCUT2D eigenvalue weighted by Crippen LogP contribution is -2.32. The Hall–Kier alpha value is -2.73. The van der Waals surface area contributed by atoms with Gasteiger partial charge < -0.3 is 24.8 Å². The molecule has 0 bridgehead atoms. The van der Waals surface area contributed by atoms with E-state index in [1.165, 1.54) is 11.1 Å². The average molecular weight is 383 g/mol. The van der Waals surface area contributed by atoms with Gasteiger partial charge in [-0.05, 0) is 35.7 Å². The van der Waals surface area contributed by atoms with Crippen LogP contribution >= 0.6 is 0 Å². The Morgan fingerprint density at radius 1 is 1.18 bits per heavy atom. The second-order valence-corrected chi connectivity index (χ2v) is 6.64. The molecule has 0 atom stereocenters. The van der Waals surface area contributed by atoms with Crippen LogP contribution in [0.25, 0.3) is 0 Å². The summed E-state index contributed by atoms with van der Waals surface area (Å²) in [5.74, 6) is 2.59. The fraction of sp³-hybridized carbons (Fsp3) is 0.409. The minimum absolute atomic E-state index is 0.635. The first kappa shape index (κ1) is 20.0. The number of nitrogens with zero attached hydrogens (tertiary/aromatic N) is 1. The summed E-state index contributed by atoms with van der Waals surface area (Å²) in [5, 5.41) is 6.68. The normalized spacial score (nSPS) is 13.0. The molecule has 0 unspecified atom stereocenters. The highest BCUT2D eigenvalue weighted by Crippen LogP contribution is 2.25. The van der Waals surface area contributed by atoms with Crippen molar-refractivity contribution < 1.29 is 14.2 Å². The smallest absolute Gasteiger partial charge is 0.195 e. The summed E-state index contributed by atoms with van der Waals surface area (Å²) in [4.78, 5) is 4.31. The lowest BCUT2D eigenvalue weighted by atomic mass is 10.1. The lowest BCUT2D eigenvalue weighted by molar-refractivity contribution is 0.172. The molecule has 0 radical (unpaired) electrons. The number of hydrogen-bond donors (Lipinski definition) is 2. The molecule has 0 fully saturated rings. The molecule has 6 nitrogen and oxygen atoms in total. The van der Waals surface area contributed by atoms with Crippen LogP contribution in [0.1, 0.15) is 17.5 Å². The van der Waals surface area contributed by atoms with Crippen LogP contribution in [-0.4, -0.2) is 46.5 Å². The van der Waals surface area contributed by atoms with Gasteiger partial charge in [-0.3, -0.25) is 4.99 Å². The van der Waals surface area contributed by atoms with Crippen molar-refractivity contribution in [2.75, 3.05) is 45.8 Å². The van der Waals surface area contributed by atoms with Gasteiger partial charge >= 0.3 is 0 Å². The van der Waals surface area contributed by atoms with Crippen molar-refractivity contribution >= 4 is 11.6 Å². The second-order valence-electron chi connectivity index (χ2n) is 6.64. The molecular weight excluding hydrogens is 354 g/mol. The lowest BCUT2D eigenvalue weighted by Gasteiger charge is -2.13. The number of ether oxygens (including phenoxy) is 3. The summed E-state index contributed by atoms with van der Waals surface area (Å²) in [6.07, 6.45) is 2.80. The SMILES string of the molecule is CN=C(NCCc1ccc2c(c1)CCO2)Nc1cccc(OCCCOC)c1. The molecule has 0 amide bonds. The van der Waals surface area contributed by atoms with Crippen LogP contribution in [0.3, 0.4) is 0 Å². The van der Waals surface area contributed by atoms with Crippen molar-refractivity contribution in [3.8, 4) is 11.5 Å². The topological polar surface area (TPSA) is 64.1 Å². The van der Waals surface area contributed by atoms with E-state index in [1.54, 1.807) is 14.2 Å². The van der Waals surface area contributed by atoms with Crippen molar-refractivity contribution in [1.29, 1.82) is 0 Å². The molecule has 1 aliphatic heterocycles. The third-order valence-electron chi connectivity index (χ3n) is 4.54. The molecule has 0 aliphatic carbocycles. The Balaban J connectivity index is 1.46. The van der Waals surface area contributed by atoms with Gasteiger partial charge in [0.05, 0.1) is 13.2 Å². The van der Waals surface area contributed by atoms with E-state index in [0.717, 1.165) is 55.6 Å². The van der Waals surface area contributed by atoms with E-state index in [1.807, 2.05) is 24.3 Å². The number of benzene rings is 2. The highest BCUT2D eigenvalue weighted by atomic mass is 16.5. The quantitative estimate of drug-likeness (QED) is 0.395. The number of hydrogen-bond acceptors (Lipinski definition) is 4. The number of guanidine groups is 1. The maximum Gasteiger partial charge on any atom is 0.195 e. The molecule has 28 heavy (non-hydrogen) atoms. The van der Waals surface area contributed by atoms with Gasteiger partial charge in [-0.15, -0.1) is 0 Å². The van der Waals surface area contributed by atoms with Crippen LogP contribution < -0.4 is 20.1 Å². The predicted molar refractivity (Wildman–Crippen MR) is 113 cm³/mol. The standard InChI is InChI=1S/C22H29N3O3/c1-23-22(24-11-9-17-7-8-21-18(15-17)10-14-28-21)25-19-5-3-6-20(16-19)27-13-4-12-26-2/h3,5-8,15-16H,4,9-14H2,1-2H3,(H2,23,24,25). The Labute approximate surface area is 166 Å². The van der Waals surface area contributed by atoms with Gasteiger partial charge in [-0.1, -0.05) is 18.2 Å². The van der Waals surface area contributed by atoms with E-state index < -0.39 is 0 Å². The Morgan fingerprint density at radius 2 is 2.11 bits per heavy atom. The first-order chi connectivity index (χ1) is 13.8. The zero-order valence-corrected chi connectivity index (χ0v) is 16.7. The molecule has 0 saturated heterocycles. The molecule has 0 spiro atoms. The molecule has 2 N–H and O–H groups in total. The molecule has 1 aliphatic rings. The first-order valence-electron chi connectivity index (χ1n) is 9.72. The summed E-state index contributed by atoms with van der Waals surface area (Å²) >= 11 is 0. The monoisotopic (exact) mass is 383 g/mol. The minimum Gasteiger partial charge on any atom is -0.493 e. The maximum atomic E-state index is 5.75. The number of rotatable bonds is 9. The molecular formula is C22H29N3O3. The van der Waals surface area contributed by atoms with E-state index in [0.29, 0.717) is 13.2 Å². The van der Waals surface area contributed by atoms with E-state index in [-0.39, 0.29) is 0 Å².